The molecule has 7 heteroatoms. The molecule has 0 amide bonds. The third-order valence-corrected chi connectivity index (χ3v) is 4.33. The van der Waals surface area contributed by atoms with E-state index in [2.05, 4.69) is 5.32 Å². The number of anilines is 1. The van der Waals surface area contributed by atoms with Gasteiger partial charge in [0.25, 0.3) is 0 Å². The van der Waals surface area contributed by atoms with Crippen molar-refractivity contribution in [3.8, 4) is 5.75 Å². The van der Waals surface area contributed by atoms with Gasteiger partial charge in [-0.05, 0) is 12.1 Å². The summed E-state index contributed by atoms with van der Waals surface area (Å²) < 4.78 is 27.7. The Kier molecular flexibility index (Phi) is 5.17. The first kappa shape index (κ1) is 15.3. The van der Waals surface area contributed by atoms with Crippen LogP contribution in [0.3, 0.4) is 0 Å². The molecule has 0 radical (unpaired) electrons. The lowest BCUT2D eigenvalue weighted by atomic mass is 10.1. The van der Waals surface area contributed by atoms with E-state index in [1.807, 2.05) is 0 Å². The number of benzene rings is 1. The molecule has 0 aliphatic rings. The van der Waals surface area contributed by atoms with Crippen LogP contribution in [0.2, 0.25) is 0 Å². The van der Waals surface area contributed by atoms with Gasteiger partial charge in [0.05, 0.1) is 24.1 Å². The standard InChI is InChI=1S/C12H17NO5S/c1-3-19(16,17)7-6-13-11-8-9(18-2)4-5-10(11)12(14)15/h4-5,8,13H,3,6-7H2,1-2H3,(H,14,15). The lowest BCUT2D eigenvalue weighted by Gasteiger charge is -2.11. The summed E-state index contributed by atoms with van der Waals surface area (Å²) in [5.41, 5.74) is 0.424. The zero-order valence-electron chi connectivity index (χ0n) is 10.8. The molecule has 0 aliphatic carbocycles. The number of sulfone groups is 1. The van der Waals surface area contributed by atoms with Gasteiger partial charge in [0.2, 0.25) is 0 Å². The molecule has 0 fully saturated rings. The predicted molar refractivity (Wildman–Crippen MR) is 72.8 cm³/mol. The second-order valence-electron chi connectivity index (χ2n) is 3.88. The van der Waals surface area contributed by atoms with Crippen molar-refractivity contribution in [2.24, 2.45) is 0 Å². The van der Waals surface area contributed by atoms with Crippen LogP contribution in [0.25, 0.3) is 0 Å². The Hall–Kier alpha value is -1.76. The van der Waals surface area contributed by atoms with Crippen LogP contribution < -0.4 is 10.1 Å². The van der Waals surface area contributed by atoms with Gasteiger partial charge >= 0.3 is 5.97 Å². The lowest BCUT2D eigenvalue weighted by Crippen LogP contribution is -2.18. The number of methoxy groups -OCH3 is 1. The zero-order valence-corrected chi connectivity index (χ0v) is 11.7. The number of rotatable bonds is 7. The summed E-state index contributed by atoms with van der Waals surface area (Å²) in [7, 11) is -1.61. The zero-order chi connectivity index (χ0) is 14.5. The fraction of sp³-hybridized carbons (Fsp3) is 0.417. The summed E-state index contributed by atoms with van der Waals surface area (Å²) >= 11 is 0. The quantitative estimate of drug-likeness (QED) is 0.784. The highest BCUT2D eigenvalue weighted by molar-refractivity contribution is 7.91. The van der Waals surface area contributed by atoms with Crippen molar-refractivity contribution < 1.29 is 23.1 Å². The molecule has 0 aliphatic heterocycles. The first-order valence-electron chi connectivity index (χ1n) is 5.75. The van der Waals surface area contributed by atoms with Crippen LogP contribution in [0, 0.1) is 0 Å². The molecule has 1 aromatic rings. The minimum atomic E-state index is -3.08. The molecular weight excluding hydrogens is 270 g/mol. The van der Waals surface area contributed by atoms with E-state index in [0.29, 0.717) is 11.4 Å². The van der Waals surface area contributed by atoms with Gasteiger partial charge in [-0.1, -0.05) is 6.92 Å². The van der Waals surface area contributed by atoms with Crippen LogP contribution in [0.15, 0.2) is 18.2 Å². The number of carboxylic acid groups (broad SMARTS) is 1. The molecule has 0 spiro atoms. The van der Waals surface area contributed by atoms with Gasteiger partial charge in [-0.3, -0.25) is 0 Å². The Bertz CT molecular complexity index is 553. The number of nitrogens with one attached hydrogen (secondary N) is 1. The SMILES string of the molecule is CCS(=O)(=O)CCNc1cc(OC)ccc1C(=O)O. The Morgan fingerprint density at radius 2 is 2.11 bits per heavy atom. The average molecular weight is 287 g/mol. The molecule has 19 heavy (non-hydrogen) atoms. The van der Waals surface area contributed by atoms with Gasteiger partial charge in [0, 0.05) is 18.4 Å². The van der Waals surface area contributed by atoms with Crippen molar-refractivity contribution in [2.45, 2.75) is 6.92 Å². The van der Waals surface area contributed by atoms with E-state index in [4.69, 9.17) is 9.84 Å². The largest absolute Gasteiger partial charge is 0.497 e. The first-order chi connectivity index (χ1) is 8.89. The molecule has 0 unspecified atom stereocenters. The molecule has 1 aromatic carbocycles. The molecule has 0 aromatic heterocycles. The average Bonchev–Trinajstić information content (AvgIpc) is 2.38. The summed E-state index contributed by atoms with van der Waals surface area (Å²) in [6.07, 6.45) is 0. The Morgan fingerprint density at radius 1 is 1.42 bits per heavy atom. The van der Waals surface area contributed by atoms with Crippen molar-refractivity contribution in [3.63, 3.8) is 0 Å². The lowest BCUT2D eigenvalue weighted by molar-refractivity contribution is 0.0698. The van der Waals surface area contributed by atoms with Gasteiger partial charge < -0.3 is 15.2 Å². The fourth-order valence-electron chi connectivity index (χ4n) is 1.47. The van der Waals surface area contributed by atoms with E-state index in [-0.39, 0.29) is 23.6 Å². The first-order valence-corrected chi connectivity index (χ1v) is 7.57. The van der Waals surface area contributed by atoms with E-state index in [0.717, 1.165) is 0 Å². The Labute approximate surface area is 112 Å². The molecule has 2 N–H and O–H groups in total. The van der Waals surface area contributed by atoms with Crippen molar-refractivity contribution in [1.82, 2.24) is 0 Å². The number of hydrogen-bond acceptors (Lipinski definition) is 5. The van der Waals surface area contributed by atoms with Gasteiger partial charge in [0.15, 0.2) is 9.84 Å². The van der Waals surface area contributed by atoms with Crippen molar-refractivity contribution in [3.05, 3.63) is 23.8 Å². The van der Waals surface area contributed by atoms with Crippen LogP contribution in [-0.4, -0.2) is 44.7 Å². The molecule has 106 valence electrons. The monoisotopic (exact) mass is 287 g/mol. The molecular formula is C12H17NO5S. The van der Waals surface area contributed by atoms with Gasteiger partial charge in [-0.2, -0.15) is 0 Å². The van der Waals surface area contributed by atoms with E-state index >= 15 is 0 Å². The van der Waals surface area contributed by atoms with E-state index in [1.54, 1.807) is 6.92 Å². The van der Waals surface area contributed by atoms with Crippen LogP contribution in [0.1, 0.15) is 17.3 Å². The summed E-state index contributed by atoms with van der Waals surface area (Å²) in [6, 6.07) is 4.48. The predicted octanol–water partition coefficient (Wildman–Crippen LogP) is 1.24. The van der Waals surface area contributed by atoms with E-state index in [1.165, 1.54) is 25.3 Å². The normalized spacial score (nSPS) is 11.1. The summed E-state index contributed by atoms with van der Waals surface area (Å²) in [5.74, 6) is -0.549. The minimum absolute atomic E-state index is 0.0419. The molecule has 0 saturated heterocycles. The third kappa shape index (κ3) is 4.44. The van der Waals surface area contributed by atoms with Crippen LogP contribution >= 0.6 is 0 Å². The number of aromatic carboxylic acids is 1. The molecule has 0 saturated carbocycles. The summed E-state index contributed by atoms with van der Waals surface area (Å²) in [6.45, 7) is 1.73. The summed E-state index contributed by atoms with van der Waals surface area (Å²) in [4.78, 5) is 11.0. The van der Waals surface area contributed by atoms with Crippen molar-refractivity contribution in [1.29, 1.82) is 0 Å². The second kappa shape index (κ2) is 6.42. The van der Waals surface area contributed by atoms with Crippen LogP contribution in [0.5, 0.6) is 5.75 Å². The van der Waals surface area contributed by atoms with Crippen LogP contribution in [-0.2, 0) is 9.84 Å². The maximum Gasteiger partial charge on any atom is 0.337 e. The Balaban J connectivity index is 2.84. The highest BCUT2D eigenvalue weighted by Crippen LogP contribution is 2.22. The minimum Gasteiger partial charge on any atom is -0.497 e. The third-order valence-electron chi connectivity index (χ3n) is 2.63. The fourth-order valence-corrected chi connectivity index (χ4v) is 2.17. The molecule has 1 rings (SSSR count). The highest BCUT2D eigenvalue weighted by atomic mass is 32.2. The number of carbonyl (C=O) groups is 1. The molecule has 6 nitrogen and oxygen atoms in total. The van der Waals surface area contributed by atoms with E-state index in [9.17, 15) is 13.2 Å². The second-order valence-corrected chi connectivity index (χ2v) is 6.35. The van der Waals surface area contributed by atoms with Crippen LogP contribution in [0.4, 0.5) is 5.69 Å². The molecule has 0 heterocycles. The van der Waals surface area contributed by atoms with Crippen molar-refractivity contribution >= 4 is 21.5 Å². The molecule has 0 atom stereocenters. The number of hydrogen-bond donors (Lipinski definition) is 2. The summed E-state index contributed by atoms with van der Waals surface area (Å²) in [5, 5.41) is 11.9. The van der Waals surface area contributed by atoms with Crippen molar-refractivity contribution in [2.75, 3.05) is 30.5 Å². The maximum atomic E-state index is 11.4. The molecule has 0 bridgehead atoms. The van der Waals surface area contributed by atoms with E-state index < -0.39 is 15.8 Å². The maximum absolute atomic E-state index is 11.4. The number of ether oxygens (including phenoxy) is 1. The smallest absolute Gasteiger partial charge is 0.337 e. The topological polar surface area (TPSA) is 92.7 Å². The van der Waals surface area contributed by atoms with Gasteiger partial charge in [-0.15, -0.1) is 0 Å². The number of carboxylic acids is 1. The Morgan fingerprint density at radius 3 is 2.63 bits per heavy atom. The van der Waals surface area contributed by atoms with Gasteiger partial charge in [0.1, 0.15) is 5.75 Å². The van der Waals surface area contributed by atoms with Gasteiger partial charge in [-0.25, -0.2) is 13.2 Å². The highest BCUT2D eigenvalue weighted by Gasteiger charge is 2.12.